The van der Waals surface area contributed by atoms with Gasteiger partial charge in [-0.05, 0) is 34.9 Å². The quantitative estimate of drug-likeness (QED) is 0.302. The summed E-state index contributed by atoms with van der Waals surface area (Å²) < 4.78 is 13.0. The number of carbonyl (C=O) groups is 1. The first-order valence-corrected chi connectivity index (χ1v) is 11.4. The van der Waals surface area contributed by atoms with Gasteiger partial charge in [0, 0.05) is 10.5 Å². The average molecular weight is 501 g/mol. The van der Waals surface area contributed by atoms with Gasteiger partial charge < -0.3 is 9.47 Å². The van der Waals surface area contributed by atoms with Crippen molar-refractivity contribution in [2.75, 3.05) is 4.90 Å². The molecule has 1 aromatic heterocycles. The minimum absolute atomic E-state index is 0.0267. The number of aromatic nitrogens is 1. The summed E-state index contributed by atoms with van der Waals surface area (Å²) in [4.78, 5) is 19.3. The molecule has 1 aliphatic heterocycles. The fraction of sp³-hybridized carbons (Fsp3) is 0.111. The van der Waals surface area contributed by atoms with Crippen LogP contribution in [0.5, 0.6) is 11.8 Å². The highest BCUT2D eigenvalue weighted by molar-refractivity contribution is 9.10. The van der Waals surface area contributed by atoms with E-state index in [1.807, 2.05) is 84.9 Å². The van der Waals surface area contributed by atoms with Crippen molar-refractivity contribution < 1.29 is 14.3 Å². The summed E-state index contributed by atoms with van der Waals surface area (Å²) in [5, 5.41) is 0. The van der Waals surface area contributed by atoms with Crippen molar-refractivity contribution in [2.24, 2.45) is 0 Å². The third-order valence-corrected chi connectivity index (χ3v) is 6.16. The predicted octanol–water partition coefficient (Wildman–Crippen LogP) is 6.22. The Morgan fingerprint density at radius 2 is 1.42 bits per heavy atom. The van der Waals surface area contributed by atoms with Gasteiger partial charge in [-0.2, -0.15) is 4.98 Å². The maximum Gasteiger partial charge on any atom is 0.242 e. The second kappa shape index (κ2) is 9.46. The summed E-state index contributed by atoms with van der Waals surface area (Å²) in [6, 6.07) is 29.2. The third kappa shape index (κ3) is 4.61. The lowest BCUT2D eigenvalue weighted by molar-refractivity contribution is -0.116. The van der Waals surface area contributed by atoms with Gasteiger partial charge in [0.25, 0.3) is 0 Å². The van der Waals surface area contributed by atoms with Crippen molar-refractivity contribution >= 4 is 33.2 Å². The highest BCUT2D eigenvalue weighted by atomic mass is 79.9. The van der Waals surface area contributed by atoms with Crippen LogP contribution in [0.2, 0.25) is 0 Å². The Morgan fingerprint density at radius 1 is 0.758 bits per heavy atom. The molecular weight excluding hydrogens is 480 g/mol. The monoisotopic (exact) mass is 500 g/mol. The maximum absolute atomic E-state index is 13.0. The molecule has 1 aliphatic rings. The molecule has 0 N–H and O–H groups in total. The largest absolute Gasteiger partial charge is 0.473 e. The Morgan fingerprint density at radius 3 is 2.12 bits per heavy atom. The lowest BCUT2D eigenvalue weighted by Crippen LogP contribution is -2.22. The molecule has 0 fully saturated rings. The van der Waals surface area contributed by atoms with Crippen molar-refractivity contribution in [3.05, 3.63) is 112 Å². The number of benzene rings is 3. The number of halogens is 1. The van der Waals surface area contributed by atoms with Gasteiger partial charge in [0.1, 0.15) is 18.9 Å². The maximum atomic E-state index is 13.0. The molecule has 0 bridgehead atoms. The standard InChI is InChI=1S/C27H21BrN2O3/c28-22-12-7-13-23-21(22)16-26(31)30(23)24-14-15-25(32-17-19-8-3-1-4-9-19)29-27(24)33-18-20-10-5-2-6-11-20/h1-15H,16-18H2. The molecule has 6 heteroatoms. The normalized spacial score (nSPS) is 12.5. The molecule has 5 rings (SSSR count). The van der Waals surface area contributed by atoms with E-state index in [4.69, 9.17) is 9.47 Å². The molecule has 4 aromatic rings. The van der Waals surface area contributed by atoms with E-state index >= 15 is 0 Å². The fourth-order valence-corrected chi connectivity index (χ4v) is 4.29. The molecule has 0 spiro atoms. The minimum Gasteiger partial charge on any atom is -0.473 e. The van der Waals surface area contributed by atoms with E-state index in [1.54, 1.807) is 11.0 Å². The van der Waals surface area contributed by atoms with Crippen molar-refractivity contribution in [2.45, 2.75) is 19.6 Å². The lowest BCUT2D eigenvalue weighted by atomic mass is 10.2. The summed E-state index contributed by atoms with van der Waals surface area (Å²) >= 11 is 3.56. The number of hydrogen-bond donors (Lipinski definition) is 0. The van der Waals surface area contributed by atoms with Crippen molar-refractivity contribution in [3.63, 3.8) is 0 Å². The molecule has 0 aliphatic carbocycles. The van der Waals surface area contributed by atoms with Crippen molar-refractivity contribution in [1.29, 1.82) is 0 Å². The lowest BCUT2D eigenvalue weighted by Gasteiger charge is -2.21. The number of ether oxygens (including phenoxy) is 2. The molecule has 0 saturated carbocycles. The highest BCUT2D eigenvalue weighted by Crippen LogP contribution is 2.42. The van der Waals surface area contributed by atoms with E-state index in [1.165, 1.54) is 0 Å². The van der Waals surface area contributed by atoms with E-state index in [2.05, 4.69) is 20.9 Å². The first-order chi connectivity index (χ1) is 16.2. The molecule has 0 unspecified atom stereocenters. The molecule has 164 valence electrons. The zero-order valence-electron chi connectivity index (χ0n) is 17.8. The minimum atomic E-state index is -0.0267. The van der Waals surface area contributed by atoms with Gasteiger partial charge in [0.05, 0.1) is 12.1 Å². The van der Waals surface area contributed by atoms with Crippen molar-refractivity contribution in [3.8, 4) is 11.8 Å². The second-order valence-corrected chi connectivity index (χ2v) is 8.52. The zero-order chi connectivity index (χ0) is 22.6. The number of pyridine rings is 1. The smallest absolute Gasteiger partial charge is 0.242 e. The summed E-state index contributed by atoms with van der Waals surface area (Å²) in [6.45, 7) is 0.722. The number of hydrogen-bond acceptors (Lipinski definition) is 4. The Labute approximate surface area is 200 Å². The second-order valence-electron chi connectivity index (χ2n) is 7.67. The van der Waals surface area contributed by atoms with Crippen LogP contribution in [0.3, 0.4) is 0 Å². The topological polar surface area (TPSA) is 51.7 Å². The van der Waals surface area contributed by atoms with Crippen LogP contribution < -0.4 is 14.4 Å². The molecule has 2 heterocycles. The summed E-state index contributed by atoms with van der Waals surface area (Å²) in [5.74, 6) is 0.763. The van der Waals surface area contributed by atoms with Crippen molar-refractivity contribution in [1.82, 2.24) is 4.98 Å². The van der Waals surface area contributed by atoms with Crippen LogP contribution in [0, 0.1) is 0 Å². The molecule has 33 heavy (non-hydrogen) atoms. The molecule has 3 aromatic carbocycles. The van der Waals surface area contributed by atoms with Gasteiger partial charge >= 0.3 is 0 Å². The molecule has 5 nitrogen and oxygen atoms in total. The Hall–Kier alpha value is -3.64. The molecular formula is C27H21BrN2O3. The summed E-state index contributed by atoms with van der Waals surface area (Å²) in [6.07, 6.45) is 0.321. The number of fused-ring (bicyclic) bond motifs is 1. The Bertz CT molecular complexity index is 1280. The van der Waals surface area contributed by atoms with Crippen LogP contribution in [0.25, 0.3) is 0 Å². The van der Waals surface area contributed by atoms with E-state index < -0.39 is 0 Å². The molecule has 0 atom stereocenters. The van der Waals surface area contributed by atoms with E-state index in [0.717, 1.165) is 26.9 Å². The van der Waals surface area contributed by atoms with Crippen LogP contribution in [-0.2, 0) is 24.4 Å². The SMILES string of the molecule is O=C1Cc2c(Br)cccc2N1c1ccc(OCc2ccccc2)nc1OCc1ccccc1. The van der Waals surface area contributed by atoms with Crippen LogP contribution >= 0.6 is 15.9 Å². The van der Waals surface area contributed by atoms with Gasteiger partial charge in [-0.25, -0.2) is 0 Å². The van der Waals surface area contributed by atoms with Crippen LogP contribution in [0.4, 0.5) is 11.4 Å². The zero-order valence-corrected chi connectivity index (χ0v) is 19.4. The van der Waals surface area contributed by atoms with Gasteiger partial charge in [-0.15, -0.1) is 0 Å². The third-order valence-electron chi connectivity index (χ3n) is 5.42. The van der Waals surface area contributed by atoms with E-state index in [0.29, 0.717) is 37.1 Å². The molecule has 0 radical (unpaired) electrons. The molecule has 0 saturated heterocycles. The van der Waals surface area contributed by atoms with E-state index in [9.17, 15) is 4.79 Å². The molecule has 1 amide bonds. The van der Waals surface area contributed by atoms with Crippen LogP contribution in [0.15, 0.2) is 95.5 Å². The highest BCUT2D eigenvalue weighted by Gasteiger charge is 2.32. The van der Waals surface area contributed by atoms with Gasteiger partial charge in [-0.3, -0.25) is 9.69 Å². The summed E-state index contributed by atoms with van der Waals surface area (Å²) in [5.41, 5.74) is 4.44. The Kier molecular flexibility index (Phi) is 6.09. The van der Waals surface area contributed by atoms with Gasteiger partial charge in [-0.1, -0.05) is 82.7 Å². The number of nitrogens with zero attached hydrogens (tertiary/aromatic N) is 2. The first kappa shape index (κ1) is 21.2. The first-order valence-electron chi connectivity index (χ1n) is 10.6. The number of rotatable bonds is 7. The van der Waals surface area contributed by atoms with Gasteiger partial charge in [0.2, 0.25) is 17.7 Å². The average Bonchev–Trinajstić information content (AvgIpc) is 3.20. The number of anilines is 2. The van der Waals surface area contributed by atoms with Crippen LogP contribution in [0.1, 0.15) is 16.7 Å². The fourth-order valence-electron chi connectivity index (χ4n) is 3.79. The number of amides is 1. The number of carbonyl (C=O) groups excluding carboxylic acids is 1. The Balaban J connectivity index is 1.47. The summed E-state index contributed by atoms with van der Waals surface area (Å²) in [7, 11) is 0. The van der Waals surface area contributed by atoms with Gasteiger partial charge in [0.15, 0.2) is 0 Å². The van der Waals surface area contributed by atoms with E-state index in [-0.39, 0.29) is 5.91 Å². The van der Waals surface area contributed by atoms with Crippen LogP contribution in [-0.4, -0.2) is 10.9 Å². The predicted molar refractivity (Wildman–Crippen MR) is 131 cm³/mol.